The Bertz CT molecular complexity index is 1020. The van der Waals surface area contributed by atoms with Crippen LogP contribution >= 0.6 is 12.4 Å². The highest BCUT2D eigenvalue weighted by atomic mass is 35.5. The molecule has 0 saturated heterocycles. The van der Waals surface area contributed by atoms with Crippen LogP contribution in [-0.4, -0.2) is 54.2 Å². The third-order valence-corrected chi connectivity index (χ3v) is 4.31. The second-order valence-corrected chi connectivity index (χ2v) is 6.81. The van der Waals surface area contributed by atoms with Crippen LogP contribution in [0.15, 0.2) is 52.9 Å². The Balaban J connectivity index is 0.00000320. The first-order valence-corrected chi connectivity index (χ1v) is 9.05. The first kappa shape index (κ1) is 23.2. The Morgan fingerprint density at radius 3 is 2.40 bits per heavy atom. The SMILES string of the molecule is CN(C)Cc1c(C(=O)N(O)CCOc2ccc(C(N)=O)cc2)oc2ccccc12.Cl. The molecule has 0 unspecified atom stereocenters. The number of hydrogen-bond donors (Lipinski definition) is 2. The minimum atomic E-state index is -0.634. The van der Waals surface area contributed by atoms with Gasteiger partial charge in [-0.3, -0.25) is 14.8 Å². The number of furan rings is 1. The topological polar surface area (TPSA) is 109 Å². The number of nitrogens with zero attached hydrogens (tertiary/aromatic N) is 2. The normalized spacial score (nSPS) is 10.7. The molecule has 0 bridgehead atoms. The maximum absolute atomic E-state index is 12.7. The fourth-order valence-corrected chi connectivity index (χ4v) is 2.93. The molecule has 0 radical (unpaired) electrons. The lowest BCUT2D eigenvalue weighted by molar-refractivity contribution is -0.0655. The molecule has 3 N–H and O–H groups in total. The minimum absolute atomic E-state index is 0. The first-order valence-electron chi connectivity index (χ1n) is 9.05. The maximum atomic E-state index is 12.7. The highest BCUT2D eigenvalue weighted by molar-refractivity contribution is 5.98. The number of fused-ring (bicyclic) bond motifs is 1. The third-order valence-electron chi connectivity index (χ3n) is 4.31. The zero-order valence-corrected chi connectivity index (χ0v) is 17.5. The molecule has 0 fully saturated rings. The van der Waals surface area contributed by atoms with Crippen LogP contribution in [0, 0.1) is 0 Å². The fraction of sp³-hybridized carbons (Fsp3) is 0.238. The molecule has 0 aliphatic heterocycles. The lowest BCUT2D eigenvalue weighted by Crippen LogP contribution is -2.32. The number of para-hydroxylation sites is 1. The maximum Gasteiger partial charge on any atom is 0.313 e. The van der Waals surface area contributed by atoms with Crippen LogP contribution < -0.4 is 10.5 Å². The van der Waals surface area contributed by atoms with Crippen molar-refractivity contribution < 1.29 is 24.0 Å². The van der Waals surface area contributed by atoms with E-state index in [0.717, 1.165) is 10.9 Å². The molecule has 0 aliphatic rings. The van der Waals surface area contributed by atoms with E-state index in [1.165, 1.54) is 0 Å². The lowest BCUT2D eigenvalue weighted by Gasteiger charge is -2.16. The molecule has 0 atom stereocenters. The molecule has 30 heavy (non-hydrogen) atoms. The van der Waals surface area contributed by atoms with Crippen LogP contribution in [0.5, 0.6) is 5.75 Å². The zero-order chi connectivity index (χ0) is 21.0. The number of carbonyl (C=O) groups excluding carboxylic acids is 2. The van der Waals surface area contributed by atoms with Gasteiger partial charge in [-0.1, -0.05) is 18.2 Å². The minimum Gasteiger partial charge on any atom is -0.492 e. The highest BCUT2D eigenvalue weighted by Gasteiger charge is 2.24. The first-order chi connectivity index (χ1) is 13.9. The fourth-order valence-electron chi connectivity index (χ4n) is 2.93. The van der Waals surface area contributed by atoms with Gasteiger partial charge < -0.3 is 19.8 Å². The Hall–Kier alpha value is -3.07. The van der Waals surface area contributed by atoms with Gasteiger partial charge >= 0.3 is 5.91 Å². The summed E-state index contributed by atoms with van der Waals surface area (Å²) in [4.78, 5) is 25.7. The van der Waals surface area contributed by atoms with Gasteiger partial charge in [0.25, 0.3) is 0 Å². The predicted molar refractivity (Wildman–Crippen MR) is 114 cm³/mol. The summed E-state index contributed by atoms with van der Waals surface area (Å²) in [5.41, 5.74) is 6.87. The van der Waals surface area contributed by atoms with Crippen LogP contribution in [0.2, 0.25) is 0 Å². The Morgan fingerprint density at radius 1 is 1.10 bits per heavy atom. The van der Waals surface area contributed by atoms with Crippen molar-refractivity contribution in [3.63, 3.8) is 0 Å². The van der Waals surface area contributed by atoms with E-state index in [1.807, 2.05) is 37.2 Å². The van der Waals surface area contributed by atoms with Crippen molar-refractivity contribution in [2.24, 2.45) is 5.73 Å². The molecule has 3 rings (SSSR count). The van der Waals surface area contributed by atoms with Crippen LogP contribution in [-0.2, 0) is 6.54 Å². The third kappa shape index (κ3) is 5.29. The molecule has 1 heterocycles. The van der Waals surface area contributed by atoms with Crippen LogP contribution in [0.25, 0.3) is 11.0 Å². The average Bonchev–Trinajstić information content (AvgIpc) is 3.05. The summed E-state index contributed by atoms with van der Waals surface area (Å²) >= 11 is 0. The van der Waals surface area contributed by atoms with Gasteiger partial charge in [0.2, 0.25) is 5.91 Å². The number of ether oxygens (including phenoxy) is 1. The number of rotatable bonds is 8. The van der Waals surface area contributed by atoms with Crippen molar-refractivity contribution in [1.82, 2.24) is 9.96 Å². The molecule has 2 aromatic carbocycles. The molecule has 9 heteroatoms. The second kappa shape index (κ2) is 10.1. The molecule has 0 aliphatic carbocycles. The second-order valence-electron chi connectivity index (χ2n) is 6.81. The van der Waals surface area contributed by atoms with Crippen molar-refractivity contribution in [3.8, 4) is 5.75 Å². The van der Waals surface area contributed by atoms with Crippen LogP contribution in [0.4, 0.5) is 0 Å². The summed E-state index contributed by atoms with van der Waals surface area (Å²) in [7, 11) is 3.79. The standard InChI is InChI=1S/C21H23N3O5.ClH/c1-23(2)13-17-16-5-3-4-6-18(16)29-19(17)21(26)24(27)11-12-28-15-9-7-14(8-10-15)20(22)25;/h3-10,27H,11-13H2,1-2H3,(H2,22,25);1H. The van der Waals surface area contributed by atoms with Crippen molar-refractivity contribution in [1.29, 1.82) is 0 Å². The van der Waals surface area contributed by atoms with Crippen LogP contribution in [0.3, 0.4) is 0 Å². The van der Waals surface area contributed by atoms with Gasteiger partial charge in [0.15, 0.2) is 5.76 Å². The van der Waals surface area contributed by atoms with E-state index < -0.39 is 11.8 Å². The van der Waals surface area contributed by atoms with Gasteiger partial charge in [0, 0.05) is 23.1 Å². The summed E-state index contributed by atoms with van der Waals surface area (Å²) in [5.74, 6) is -0.560. The quantitative estimate of drug-likeness (QED) is 0.417. The number of primary amides is 1. The summed E-state index contributed by atoms with van der Waals surface area (Å²) in [6.07, 6.45) is 0. The average molecular weight is 434 g/mol. The largest absolute Gasteiger partial charge is 0.492 e. The van der Waals surface area contributed by atoms with E-state index in [2.05, 4.69) is 0 Å². The lowest BCUT2D eigenvalue weighted by atomic mass is 10.1. The Morgan fingerprint density at radius 2 is 1.77 bits per heavy atom. The van der Waals surface area contributed by atoms with Gasteiger partial charge in [-0.15, -0.1) is 12.4 Å². The number of amides is 2. The zero-order valence-electron chi connectivity index (χ0n) is 16.7. The van der Waals surface area contributed by atoms with Crippen molar-refractivity contribution in [2.75, 3.05) is 27.2 Å². The molecule has 3 aromatic rings. The molecular formula is C21H24ClN3O5. The molecular weight excluding hydrogens is 410 g/mol. The molecule has 160 valence electrons. The summed E-state index contributed by atoms with van der Waals surface area (Å²) < 4.78 is 11.2. The van der Waals surface area contributed by atoms with E-state index in [4.69, 9.17) is 14.9 Å². The van der Waals surface area contributed by atoms with E-state index in [9.17, 15) is 14.8 Å². The van der Waals surface area contributed by atoms with E-state index in [0.29, 0.717) is 28.5 Å². The number of carbonyl (C=O) groups is 2. The number of nitrogens with two attached hydrogens (primary N) is 1. The van der Waals surface area contributed by atoms with Crippen molar-refractivity contribution in [2.45, 2.75) is 6.54 Å². The smallest absolute Gasteiger partial charge is 0.313 e. The monoisotopic (exact) mass is 433 g/mol. The van der Waals surface area contributed by atoms with Gasteiger partial charge in [-0.2, -0.15) is 0 Å². The molecule has 0 saturated carbocycles. The van der Waals surface area contributed by atoms with E-state index in [-0.39, 0.29) is 31.3 Å². The molecule has 0 spiro atoms. The van der Waals surface area contributed by atoms with Gasteiger partial charge in [-0.05, 0) is 44.4 Å². The summed E-state index contributed by atoms with van der Waals surface area (Å²) in [6, 6.07) is 13.6. The van der Waals surface area contributed by atoms with Crippen molar-refractivity contribution >= 4 is 35.2 Å². The van der Waals surface area contributed by atoms with Gasteiger partial charge in [0.1, 0.15) is 17.9 Å². The van der Waals surface area contributed by atoms with Crippen molar-refractivity contribution in [3.05, 3.63) is 65.4 Å². The number of hydrogen-bond acceptors (Lipinski definition) is 6. The summed E-state index contributed by atoms with van der Waals surface area (Å²) in [6.45, 7) is 0.491. The number of hydroxylamine groups is 2. The summed E-state index contributed by atoms with van der Waals surface area (Å²) in [5, 5.41) is 11.6. The van der Waals surface area contributed by atoms with Gasteiger partial charge in [0.05, 0.1) is 6.54 Å². The Kier molecular flexibility index (Phi) is 7.82. The number of halogens is 1. The van der Waals surface area contributed by atoms with E-state index in [1.54, 1.807) is 30.3 Å². The molecule has 8 nitrogen and oxygen atoms in total. The molecule has 1 aromatic heterocycles. The number of benzene rings is 2. The molecule has 2 amide bonds. The van der Waals surface area contributed by atoms with E-state index >= 15 is 0 Å². The predicted octanol–water partition coefficient (Wildman–Crippen LogP) is 2.93. The highest BCUT2D eigenvalue weighted by Crippen LogP contribution is 2.27. The van der Waals surface area contributed by atoms with Gasteiger partial charge in [-0.25, -0.2) is 5.06 Å². The Labute approximate surface area is 180 Å². The van der Waals surface area contributed by atoms with Crippen LogP contribution in [0.1, 0.15) is 26.5 Å².